The number of amides is 1. The number of anilines is 2. The van der Waals surface area contributed by atoms with Crippen LogP contribution in [0.25, 0.3) is 11.0 Å². The van der Waals surface area contributed by atoms with Crippen molar-refractivity contribution in [2.24, 2.45) is 11.3 Å². The van der Waals surface area contributed by atoms with Crippen molar-refractivity contribution in [1.82, 2.24) is 24.6 Å². The van der Waals surface area contributed by atoms with Gasteiger partial charge in [-0.25, -0.2) is 14.7 Å². The Hall–Kier alpha value is -5.82. The first-order valence-corrected chi connectivity index (χ1v) is 25.4. The average molecular weight is 949 g/mol. The third kappa shape index (κ3) is 9.34. The molecule has 5 aromatic rings. The van der Waals surface area contributed by atoms with E-state index in [9.17, 15) is 28.4 Å². The molecule has 3 aliphatic heterocycles. The summed E-state index contributed by atoms with van der Waals surface area (Å²) in [4.78, 5) is 42.4. The van der Waals surface area contributed by atoms with E-state index in [0.29, 0.717) is 49.2 Å². The maximum Gasteiger partial charge on any atom is 0.317 e. The first kappa shape index (κ1) is 45.9. The predicted octanol–water partition coefficient (Wildman–Crippen LogP) is 8.23. The van der Waals surface area contributed by atoms with Gasteiger partial charge in [0, 0.05) is 49.0 Å². The Balaban J connectivity index is 0.847. The number of aromatic amines is 1. The Bertz CT molecular complexity index is 2810. The lowest BCUT2D eigenvalue weighted by Gasteiger charge is -2.57. The zero-order chi connectivity index (χ0) is 47.4. The number of nitrogens with one attached hydrogen (secondary N) is 3. The van der Waals surface area contributed by atoms with Crippen LogP contribution < -0.4 is 24.4 Å². The van der Waals surface area contributed by atoms with Gasteiger partial charge in [-0.1, -0.05) is 38.1 Å². The summed E-state index contributed by atoms with van der Waals surface area (Å²) >= 11 is 0. The number of morpholine rings is 1. The molecule has 2 aromatic carbocycles. The lowest BCUT2D eigenvalue weighted by Crippen LogP contribution is -2.58. The van der Waals surface area contributed by atoms with Crippen molar-refractivity contribution in [3.8, 4) is 17.2 Å². The van der Waals surface area contributed by atoms with Crippen molar-refractivity contribution < 1.29 is 37.5 Å². The SMILES string of the molecule is CC(C)c1ccccc1[C@H]1COCCN1C1CC2(CCN(c3ccc(C(=O)NS(=O)(=O)c4cc([N+](=O)[O-])c5c(n4)NC[C@H](CC4CCC(C)(O)CC4)O5)c(Oc4cnc5[nH]ccc5c4)c3)CC2)C1. The minimum absolute atomic E-state index is 0.0677. The first-order chi connectivity index (χ1) is 32.6. The molecule has 0 unspecified atom stereocenters. The number of fused-ring (bicyclic) bond motifs is 2. The monoisotopic (exact) mass is 948 g/mol. The van der Waals surface area contributed by atoms with Crippen LogP contribution in [-0.2, 0) is 14.8 Å². The van der Waals surface area contributed by atoms with Crippen LogP contribution in [-0.4, -0.2) is 101 Å². The molecule has 0 bridgehead atoms. The van der Waals surface area contributed by atoms with Crippen molar-refractivity contribution in [3.05, 3.63) is 99.9 Å². The molecule has 2 saturated carbocycles. The summed E-state index contributed by atoms with van der Waals surface area (Å²) in [5.41, 5.74) is 3.12. The van der Waals surface area contributed by atoms with E-state index in [-0.39, 0.29) is 46.8 Å². The van der Waals surface area contributed by atoms with E-state index in [1.54, 1.807) is 30.5 Å². The normalized spacial score (nSPS) is 24.2. The number of pyridine rings is 2. The highest BCUT2D eigenvalue weighted by atomic mass is 32.2. The highest BCUT2D eigenvalue weighted by Crippen LogP contribution is 2.53. The van der Waals surface area contributed by atoms with Crippen molar-refractivity contribution in [3.63, 3.8) is 0 Å². The number of hydrogen-bond donors (Lipinski definition) is 4. The van der Waals surface area contributed by atoms with E-state index in [1.807, 2.05) is 13.0 Å². The number of H-pyrrole nitrogens is 1. The highest BCUT2D eigenvalue weighted by Gasteiger charge is 2.50. The van der Waals surface area contributed by atoms with E-state index in [1.165, 1.54) is 17.3 Å². The van der Waals surface area contributed by atoms with E-state index in [4.69, 9.17) is 14.2 Å². The second-order valence-corrected chi connectivity index (χ2v) is 21.8. The van der Waals surface area contributed by atoms with Gasteiger partial charge in [-0.2, -0.15) is 8.42 Å². The number of aliphatic hydroxyl groups is 1. The van der Waals surface area contributed by atoms with Crippen molar-refractivity contribution in [2.75, 3.05) is 49.6 Å². The number of piperidine rings is 1. The molecule has 0 radical (unpaired) electrons. The van der Waals surface area contributed by atoms with Gasteiger partial charge < -0.3 is 34.5 Å². The molecule has 3 aromatic heterocycles. The largest absolute Gasteiger partial charge is 0.479 e. The molecule has 4 N–H and O–H groups in total. The third-order valence-corrected chi connectivity index (χ3v) is 16.4. The standard InChI is InChI=1S/C50H60N8O9S/c1-31(2)38-6-4-5-7-39(38)42-30-65-21-20-57(42)35-26-50(27-35)15-18-56(19-16-50)34-8-9-40(43(24-34)66-37-23-33-12-17-51-46(33)52-29-37)48(59)55-68(63,64)44-25-41(58(61)62)45-47(54-44)53-28-36(67-45)22-32-10-13-49(3,60)14-11-32/h4-9,12,17,23-25,29,31-32,35-36,42,60H,10-11,13-16,18-22,26-28,30H2,1-3H3,(H,51,52)(H,53,54)(H,55,59)/t32?,36-,42+,49?/m0/s1. The molecule has 2 atom stereocenters. The van der Waals surface area contributed by atoms with Crippen LogP contribution in [0.3, 0.4) is 0 Å². The Kier molecular flexibility index (Phi) is 12.3. The van der Waals surface area contributed by atoms with Crippen LogP contribution in [0.4, 0.5) is 17.2 Å². The summed E-state index contributed by atoms with van der Waals surface area (Å²) in [6.45, 7) is 10.6. The summed E-state index contributed by atoms with van der Waals surface area (Å²) in [7, 11) is -4.76. The quantitative estimate of drug-likeness (QED) is 0.0685. The molecule has 68 heavy (non-hydrogen) atoms. The number of hydrogen-bond acceptors (Lipinski definition) is 14. The van der Waals surface area contributed by atoms with Gasteiger partial charge in [-0.15, -0.1) is 0 Å². The lowest BCUT2D eigenvalue weighted by atomic mass is 9.59. The van der Waals surface area contributed by atoms with E-state index in [2.05, 4.69) is 72.9 Å². The summed E-state index contributed by atoms with van der Waals surface area (Å²) in [6.07, 6.45) is 10.7. The van der Waals surface area contributed by atoms with Crippen molar-refractivity contribution >= 4 is 44.2 Å². The smallest absolute Gasteiger partial charge is 0.317 e. The zero-order valence-electron chi connectivity index (χ0n) is 38.8. The Morgan fingerprint density at radius 1 is 1.06 bits per heavy atom. The second-order valence-electron chi connectivity index (χ2n) is 20.2. The topological polar surface area (TPSA) is 214 Å². The van der Waals surface area contributed by atoms with Crippen molar-refractivity contribution in [2.45, 2.75) is 113 Å². The van der Waals surface area contributed by atoms with Gasteiger partial charge in [0.2, 0.25) is 5.75 Å². The van der Waals surface area contributed by atoms with Gasteiger partial charge in [0.1, 0.15) is 23.3 Å². The number of carbonyl (C=O) groups is 1. The molecule has 5 aliphatic rings. The summed E-state index contributed by atoms with van der Waals surface area (Å²) in [5, 5.41) is 25.8. The number of carbonyl (C=O) groups excluding carboxylic acids is 1. The fourth-order valence-electron chi connectivity index (χ4n) is 11.3. The maximum atomic E-state index is 14.1. The van der Waals surface area contributed by atoms with Crippen LogP contribution in [0.1, 0.15) is 112 Å². The van der Waals surface area contributed by atoms with Crippen LogP contribution in [0.2, 0.25) is 0 Å². The van der Waals surface area contributed by atoms with Gasteiger partial charge in [0.05, 0.1) is 54.2 Å². The van der Waals surface area contributed by atoms with E-state index < -0.39 is 43.3 Å². The number of nitrogens with zero attached hydrogens (tertiary/aromatic N) is 5. The number of benzene rings is 2. The van der Waals surface area contributed by atoms with Crippen molar-refractivity contribution in [1.29, 1.82) is 0 Å². The molecule has 4 fully saturated rings. The fourth-order valence-corrected chi connectivity index (χ4v) is 12.2. The van der Waals surface area contributed by atoms with Gasteiger partial charge in [0.25, 0.3) is 15.9 Å². The number of aromatic nitrogens is 3. The minimum atomic E-state index is -4.76. The first-order valence-electron chi connectivity index (χ1n) is 23.9. The summed E-state index contributed by atoms with van der Waals surface area (Å²) in [5.74, 6) is -0.115. The van der Waals surface area contributed by atoms with Gasteiger partial charge in [0.15, 0.2) is 10.8 Å². The third-order valence-electron chi connectivity index (χ3n) is 15.1. The molecule has 2 saturated heterocycles. The van der Waals surface area contributed by atoms with Crippen LogP contribution >= 0.6 is 0 Å². The highest BCUT2D eigenvalue weighted by molar-refractivity contribution is 7.90. The molecule has 360 valence electrons. The number of rotatable bonds is 12. The summed E-state index contributed by atoms with van der Waals surface area (Å²) in [6, 6.07) is 19.0. The van der Waals surface area contributed by atoms with Gasteiger partial charge >= 0.3 is 5.69 Å². The predicted molar refractivity (Wildman–Crippen MR) is 256 cm³/mol. The van der Waals surface area contributed by atoms with Gasteiger partial charge in [-0.3, -0.25) is 19.8 Å². The van der Waals surface area contributed by atoms with Gasteiger partial charge in [-0.05, 0) is 117 Å². The zero-order valence-corrected chi connectivity index (χ0v) is 39.6. The van der Waals surface area contributed by atoms with Crippen LogP contribution in [0, 0.1) is 21.4 Å². The molecule has 10 rings (SSSR count). The minimum Gasteiger partial charge on any atom is -0.479 e. The molecule has 1 amide bonds. The van der Waals surface area contributed by atoms with E-state index in [0.717, 1.165) is 81.9 Å². The molecular formula is C50H60N8O9S. The number of nitro groups is 1. The Morgan fingerprint density at radius 2 is 1.84 bits per heavy atom. The maximum absolute atomic E-state index is 14.1. The lowest BCUT2D eigenvalue weighted by molar-refractivity contribution is -0.386. The Morgan fingerprint density at radius 3 is 2.60 bits per heavy atom. The van der Waals surface area contributed by atoms with Crippen LogP contribution in [0.5, 0.6) is 17.2 Å². The molecular weight excluding hydrogens is 889 g/mol. The fraction of sp³-hybridized carbons (Fsp3) is 0.500. The Labute approximate surface area is 396 Å². The molecule has 2 aliphatic carbocycles. The summed E-state index contributed by atoms with van der Waals surface area (Å²) < 4.78 is 48.5. The van der Waals surface area contributed by atoms with E-state index >= 15 is 0 Å². The number of ether oxygens (including phenoxy) is 3. The molecule has 6 heterocycles. The molecule has 1 spiro atoms. The average Bonchev–Trinajstić information content (AvgIpc) is 3.79. The molecule has 18 heteroatoms. The molecule has 17 nitrogen and oxygen atoms in total. The number of sulfonamides is 1. The van der Waals surface area contributed by atoms with Crippen LogP contribution in [0.15, 0.2) is 78.1 Å². The second kappa shape index (κ2) is 18.3.